The SMILES string of the molecule is COc1ccc(-[n+]2[nH]oc(=O)c2SC(C)C(=O)Nc2c(F)c(F)cc(F)c2F)cc1. The second-order valence-electron chi connectivity index (χ2n) is 5.91. The number of halogens is 4. The monoisotopic (exact) mass is 444 g/mol. The van der Waals surface area contributed by atoms with Crippen molar-refractivity contribution in [1.29, 1.82) is 0 Å². The fraction of sp³-hybridized carbons (Fsp3) is 0.167. The lowest BCUT2D eigenvalue weighted by molar-refractivity contribution is -0.704. The van der Waals surface area contributed by atoms with E-state index in [1.54, 1.807) is 24.3 Å². The lowest BCUT2D eigenvalue weighted by Crippen LogP contribution is -2.37. The zero-order valence-electron chi connectivity index (χ0n) is 15.5. The smallest absolute Gasteiger partial charge is 0.442 e. The number of aromatic amines is 1. The minimum Gasteiger partial charge on any atom is -0.497 e. The molecular formula is C18H14F4N3O4S+. The molecule has 30 heavy (non-hydrogen) atoms. The first-order valence-corrected chi connectivity index (χ1v) is 9.19. The number of hydrogen-bond acceptors (Lipinski definition) is 5. The third-order valence-electron chi connectivity index (χ3n) is 3.96. The summed E-state index contributed by atoms with van der Waals surface area (Å²) in [6, 6.07) is 6.50. The summed E-state index contributed by atoms with van der Waals surface area (Å²) in [5, 5.41) is 3.03. The zero-order valence-corrected chi connectivity index (χ0v) is 16.3. The maximum atomic E-state index is 13.8. The Bertz CT molecular complexity index is 1120. The van der Waals surface area contributed by atoms with E-state index in [0.717, 1.165) is 0 Å². The number of rotatable bonds is 6. The predicted octanol–water partition coefficient (Wildman–Crippen LogP) is 2.93. The summed E-state index contributed by atoms with van der Waals surface area (Å²) in [4.78, 5) is 24.4. The molecule has 1 heterocycles. The van der Waals surface area contributed by atoms with E-state index in [1.807, 2.05) is 5.32 Å². The molecule has 1 aromatic heterocycles. The van der Waals surface area contributed by atoms with Gasteiger partial charge in [-0.25, -0.2) is 22.4 Å². The van der Waals surface area contributed by atoms with Gasteiger partial charge in [0.15, 0.2) is 23.3 Å². The van der Waals surface area contributed by atoms with Crippen molar-refractivity contribution in [2.45, 2.75) is 17.2 Å². The van der Waals surface area contributed by atoms with Gasteiger partial charge in [-0.1, -0.05) is 0 Å². The molecule has 7 nitrogen and oxygen atoms in total. The normalized spacial score (nSPS) is 11.9. The highest BCUT2D eigenvalue weighted by atomic mass is 32.2. The summed E-state index contributed by atoms with van der Waals surface area (Å²) in [5.74, 6) is -7.23. The molecule has 158 valence electrons. The van der Waals surface area contributed by atoms with Crippen LogP contribution in [0.25, 0.3) is 5.69 Å². The largest absolute Gasteiger partial charge is 0.497 e. The standard InChI is InChI=1S/C18H13F4N3O4S/c1-8(16(26)23-15-13(21)11(19)7-12(20)14(15)22)30-17-18(27)29-24-25(17)9-3-5-10(28-2)6-4-9/h3-8H,1-2H3,(H-,23,24,26,27)/p+1. The molecule has 1 atom stereocenters. The van der Waals surface area contributed by atoms with E-state index in [9.17, 15) is 27.2 Å². The van der Waals surface area contributed by atoms with Gasteiger partial charge in [0, 0.05) is 18.2 Å². The van der Waals surface area contributed by atoms with Crippen molar-refractivity contribution in [3.8, 4) is 11.4 Å². The van der Waals surface area contributed by atoms with Crippen molar-refractivity contribution in [3.63, 3.8) is 0 Å². The number of anilines is 1. The van der Waals surface area contributed by atoms with E-state index < -0.39 is 45.7 Å². The molecule has 1 amide bonds. The van der Waals surface area contributed by atoms with Gasteiger partial charge in [0.05, 0.1) is 12.4 Å². The Labute approximate surface area is 170 Å². The van der Waals surface area contributed by atoms with Gasteiger partial charge < -0.3 is 10.1 Å². The van der Waals surface area contributed by atoms with E-state index in [1.165, 1.54) is 18.7 Å². The first kappa shape index (κ1) is 21.4. The molecule has 1 unspecified atom stereocenters. The molecule has 0 aliphatic carbocycles. The highest BCUT2D eigenvalue weighted by molar-refractivity contribution is 8.00. The maximum absolute atomic E-state index is 13.8. The van der Waals surface area contributed by atoms with Crippen LogP contribution >= 0.6 is 11.8 Å². The van der Waals surface area contributed by atoms with Crippen LogP contribution < -0.4 is 20.4 Å². The minimum absolute atomic E-state index is 0.0291. The average molecular weight is 444 g/mol. The maximum Gasteiger partial charge on any atom is 0.442 e. The van der Waals surface area contributed by atoms with Crippen LogP contribution in [0.1, 0.15) is 6.92 Å². The third kappa shape index (κ3) is 4.17. The summed E-state index contributed by atoms with van der Waals surface area (Å²) in [6.45, 7) is 1.33. The Morgan fingerprint density at radius 2 is 1.77 bits per heavy atom. The van der Waals surface area contributed by atoms with E-state index in [4.69, 9.17) is 9.26 Å². The highest BCUT2D eigenvalue weighted by Gasteiger charge is 2.30. The van der Waals surface area contributed by atoms with E-state index in [2.05, 4.69) is 5.27 Å². The first-order chi connectivity index (χ1) is 14.2. The lowest BCUT2D eigenvalue weighted by Gasteiger charge is -2.11. The topological polar surface area (TPSA) is 88.2 Å². The molecule has 12 heteroatoms. The quantitative estimate of drug-likeness (QED) is 0.264. The van der Waals surface area contributed by atoms with Crippen molar-refractivity contribution in [2.75, 3.05) is 12.4 Å². The van der Waals surface area contributed by atoms with Crippen LogP contribution in [0.4, 0.5) is 23.2 Å². The molecule has 0 saturated heterocycles. The Hall–Kier alpha value is -3.28. The number of H-pyrrole nitrogens is 1. The fourth-order valence-corrected chi connectivity index (χ4v) is 3.28. The Balaban J connectivity index is 1.83. The second kappa shape index (κ2) is 8.61. The van der Waals surface area contributed by atoms with Crippen molar-refractivity contribution in [3.05, 3.63) is 64.0 Å². The van der Waals surface area contributed by atoms with Crippen LogP contribution in [0.15, 0.2) is 44.7 Å². The Kier molecular flexibility index (Phi) is 6.15. The Morgan fingerprint density at radius 1 is 1.17 bits per heavy atom. The van der Waals surface area contributed by atoms with Gasteiger partial charge >= 0.3 is 10.7 Å². The first-order valence-electron chi connectivity index (χ1n) is 8.31. The van der Waals surface area contributed by atoms with Gasteiger partial charge in [-0.15, -0.1) is 0 Å². The van der Waals surface area contributed by atoms with Crippen molar-refractivity contribution in [2.24, 2.45) is 0 Å². The number of carbonyl (C=O) groups is 1. The summed E-state index contributed by atoms with van der Waals surface area (Å²) < 4.78 is 65.2. The van der Waals surface area contributed by atoms with Gasteiger partial charge in [0.25, 0.3) is 0 Å². The molecular weight excluding hydrogens is 430 g/mol. The van der Waals surface area contributed by atoms with Gasteiger partial charge in [0.1, 0.15) is 11.4 Å². The highest BCUT2D eigenvalue weighted by Crippen LogP contribution is 2.26. The molecule has 0 bridgehead atoms. The predicted molar refractivity (Wildman–Crippen MR) is 97.6 cm³/mol. The van der Waals surface area contributed by atoms with E-state index >= 15 is 0 Å². The molecule has 0 spiro atoms. The molecule has 3 rings (SSSR count). The number of thioether (sulfide) groups is 1. The third-order valence-corrected chi connectivity index (χ3v) is 5.10. The number of hydrogen-bond donors (Lipinski definition) is 2. The lowest BCUT2D eigenvalue weighted by atomic mass is 10.2. The number of amides is 1. The molecule has 0 saturated carbocycles. The molecule has 0 fully saturated rings. The van der Waals surface area contributed by atoms with E-state index in [-0.39, 0.29) is 11.1 Å². The summed E-state index contributed by atoms with van der Waals surface area (Å²) >= 11 is 0.706. The van der Waals surface area contributed by atoms with Crippen molar-refractivity contribution < 1.29 is 36.3 Å². The minimum atomic E-state index is -1.74. The van der Waals surface area contributed by atoms with E-state index in [0.29, 0.717) is 23.2 Å². The second-order valence-corrected chi connectivity index (χ2v) is 7.24. The number of nitrogens with zero attached hydrogens (tertiary/aromatic N) is 1. The molecule has 2 N–H and O–H groups in total. The molecule has 0 radical (unpaired) electrons. The number of ether oxygens (including phenoxy) is 1. The van der Waals surface area contributed by atoms with Crippen LogP contribution in [0, 0.1) is 23.3 Å². The number of aromatic nitrogens is 2. The molecule has 2 aromatic carbocycles. The summed E-state index contributed by atoms with van der Waals surface area (Å²) in [6.07, 6.45) is 0. The zero-order chi connectivity index (χ0) is 22.0. The van der Waals surface area contributed by atoms with Crippen LogP contribution in [-0.4, -0.2) is 23.5 Å². The molecule has 0 aliphatic heterocycles. The number of carbonyl (C=O) groups excluding carboxylic acids is 1. The number of benzene rings is 2. The fourth-order valence-electron chi connectivity index (χ4n) is 2.39. The van der Waals surface area contributed by atoms with Crippen LogP contribution in [0.2, 0.25) is 0 Å². The number of nitrogens with one attached hydrogen (secondary N) is 2. The van der Waals surface area contributed by atoms with Crippen LogP contribution in [0.3, 0.4) is 0 Å². The molecule has 0 aliphatic rings. The van der Waals surface area contributed by atoms with Crippen molar-refractivity contribution in [1.82, 2.24) is 5.27 Å². The number of methoxy groups -OCH3 is 1. The molecule has 3 aromatic rings. The van der Waals surface area contributed by atoms with Crippen molar-refractivity contribution >= 4 is 23.4 Å². The van der Waals surface area contributed by atoms with Gasteiger partial charge in [-0.3, -0.25) is 9.32 Å². The summed E-state index contributed by atoms with van der Waals surface area (Å²) in [7, 11) is 1.49. The van der Waals surface area contributed by atoms with Gasteiger partial charge in [-0.05, 0) is 40.8 Å². The summed E-state index contributed by atoms with van der Waals surface area (Å²) in [5.41, 5.74) is -1.58. The Morgan fingerprint density at radius 3 is 2.33 bits per heavy atom. The van der Waals surface area contributed by atoms with Gasteiger partial charge in [0.2, 0.25) is 11.6 Å². The van der Waals surface area contributed by atoms with Crippen LogP contribution in [0.5, 0.6) is 5.75 Å². The average Bonchev–Trinajstić information content (AvgIpc) is 3.09. The van der Waals surface area contributed by atoms with Gasteiger partial charge in [-0.2, -0.15) is 0 Å². The van der Waals surface area contributed by atoms with Crippen LogP contribution in [-0.2, 0) is 4.79 Å².